The molecule has 0 radical (unpaired) electrons. The highest BCUT2D eigenvalue weighted by Gasteiger charge is 2.19. The van der Waals surface area contributed by atoms with Crippen LogP contribution in [0.15, 0.2) is 55.1 Å². The SMILES string of the molecule is c1ccc([C@H](Cn2cccn2)Nc2ncnc3c2CCNC3)cc1. The Bertz CT molecular complexity index is 785. The van der Waals surface area contributed by atoms with Crippen LogP contribution in [0.3, 0.4) is 0 Å². The summed E-state index contributed by atoms with van der Waals surface area (Å²) in [7, 11) is 0. The largest absolute Gasteiger partial charge is 0.361 e. The number of hydrogen-bond acceptors (Lipinski definition) is 5. The predicted molar refractivity (Wildman–Crippen MR) is 92.5 cm³/mol. The van der Waals surface area contributed by atoms with E-state index in [4.69, 9.17) is 0 Å². The van der Waals surface area contributed by atoms with Gasteiger partial charge in [0.25, 0.3) is 0 Å². The molecule has 0 saturated heterocycles. The van der Waals surface area contributed by atoms with Gasteiger partial charge in [0.1, 0.15) is 12.1 Å². The number of aromatic nitrogens is 4. The molecule has 1 atom stereocenters. The second-order valence-electron chi connectivity index (χ2n) is 5.91. The Morgan fingerprint density at radius 3 is 2.92 bits per heavy atom. The van der Waals surface area contributed by atoms with Crippen LogP contribution in [0.25, 0.3) is 0 Å². The lowest BCUT2D eigenvalue weighted by molar-refractivity contribution is 0.547. The molecule has 122 valence electrons. The van der Waals surface area contributed by atoms with Crippen molar-refractivity contribution < 1.29 is 0 Å². The molecule has 6 nitrogen and oxygen atoms in total. The van der Waals surface area contributed by atoms with E-state index in [1.807, 2.05) is 23.0 Å². The van der Waals surface area contributed by atoms with Crippen molar-refractivity contribution in [2.45, 2.75) is 25.6 Å². The fraction of sp³-hybridized carbons (Fsp3) is 0.278. The fourth-order valence-electron chi connectivity index (χ4n) is 3.09. The van der Waals surface area contributed by atoms with E-state index in [1.54, 1.807) is 12.5 Å². The standard InChI is InChI=1S/C18H20N6/c1-2-5-14(6-3-1)17(12-24-10-4-8-22-24)23-18-15-7-9-19-11-16(15)20-13-21-18/h1-6,8,10,13,17,19H,7,9,11-12H2,(H,20,21,23)/t17-/m0/s1. The van der Waals surface area contributed by atoms with Gasteiger partial charge in [-0.3, -0.25) is 4.68 Å². The average molecular weight is 320 g/mol. The van der Waals surface area contributed by atoms with Crippen LogP contribution in [0.2, 0.25) is 0 Å². The van der Waals surface area contributed by atoms with E-state index in [0.29, 0.717) is 0 Å². The van der Waals surface area contributed by atoms with Gasteiger partial charge in [-0.2, -0.15) is 5.10 Å². The number of benzene rings is 1. The van der Waals surface area contributed by atoms with Crippen molar-refractivity contribution in [1.82, 2.24) is 25.1 Å². The lowest BCUT2D eigenvalue weighted by Gasteiger charge is -2.24. The maximum atomic E-state index is 4.51. The Balaban J connectivity index is 1.65. The maximum absolute atomic E-state index is 4.51. The Kier molecular flexibility index (Phi) is 4.20. The second kappa shape index (κ2) is 6.80. The Labute approximate surface area is 141 Å². The summed E-state index contributed by atoms with van der Waals surface area (Å²) in [6, 6.07) is 12.5. The quantitative estimate of drug-likeness (QED) is 0.754. The van der Waals surface area contributed by atoms with E-state index in [0.717, 1.165) is 37.6 Å². The molecule has 0 fully saturated rings. The van der Waals surface area contributed by atoms with Gasteiger partial charge in [0, 0.05) is 24.5 Å². The minimum atomic E-state index is 0.0972. The molecule has 1 aliphatic rings. The number of nitrogens with zero attached hydrogens (tertiary/aromatic N) is 4. The van der Waals surface area contributed by atoms with Crippen LogP contribution in [-0.2, 0) is 19.5 Å². The Morgan fingerprint density at radius 1 is 1.17 bits per heavy atom. The second-order valence-corrected chi connectivity index (χ2v) is 5.91. The summed E-state index contributed by atoms with van der Waals surface area (Å²) in [5.74, 6) is 0.933. The molecule has 0 aliphatic carbocycles. The molecule has 0 bridgehead atoms. The zero-order valence-corrected chi connectivity index (χ0v) is 13.4. The van der Waals surface area contributed by atoms with Gasteiger partial charge in [-0.05, 0) is 24.6 Å². The van der Waals surface area contributed by atoms with Crippen molar-refractivity contribution in [2.75, 3.05) is 11.9 Å². The average Bonchev–Trinajstić information content (AvgIpc) is 3.15. The molecule has 0 saturated carbocycles. The molecular weight excluding hydrogens is 300 g/mol. The van der Waals surface area contributed by atoms with E-state index in [2.05, 4.69) is 50.0 Å². The minimum Gasteiger partial charge on any atom is -0.361 e. The molecular formula is C18H20N6. The topological polar surface area (TPSA) is 67.7 Å². The van der Waals surface area contributed by atoms with Gasteiger partial charge in [0.05, 0.1) is 18.3 Å². The monoisotopic (exact) mass is 320 g/mol. The number of nitrogens with one attached hydrogen (secondary N) is 2. The van der Waals surface area contributed by atoms with E-state index in [9.17, 15) is 0 Å². The van der Waals surface area contributed by atoms with Crippen LogP contribution in [-0.4, -0.2) is 26.3 Å². The summed E-state index contributed by atoms with van der Waals surface area (Å²) in [4.78, 5) is 8.91. The van der Waals surface area contributed by atoms with Crippen LogP contribution in [0.4, 0.5) is 5.82 Å². The highest BCUT2D eigenvalue weighted by atomic mass is 15.3. The zero-order valence-electron chi connectivity index (χ0n) is 13.4. The number of hydrogen-bond donors (Lipinski definition) is 2. The molecule has 24 heavy (non-hydrogen) atoms. The molecule has 1 aliphatic heterocycles. The summed E-state index contributed by atoms with van der Waals surface area (Å²) in [5, 5.41) is 11.3. The first-order valence-corrected chi connectivity index (χ1v) is 8.22. The smallest absolute Gasteiger partial charge is 0.133 e. The molecule has 0 spiro atoms. The van der Waals surface area contributed by atoms with Crippen LogP contribution in [0.1, 0.15) is 22.9 Å². The van der Waals surface area contributed by atoms with Gasteiger partial charge in [0.15, 0.2) is 0 Å². The van der Waals surface area contributed by atoms with Gasteiger partial charge in [-0.25, -0.2) is 9.97 Å². The summed E-state index contributed by atoms with van der Waals surface area (Å²) in [6.45, 7) is 2.51. The minimum absolute atomic E-state index is 0.0972. The van der Waals surface area contributed by atoms with Gasteiger partial charge < -0.3 is 10.6 Å². The Morgan fingerprint density at radius 2 is 2.08 bits per heavy atom. The van der Waals surface area contributed by atoms with Crippen molar-refractivity contribution in [2.24, 2.45) is 0 Å². The molecule has 2 aromatic heterocycles. The first-order valence-electron chi connectivity index (χ1n) is 8.22. The molecule has 1 aromatic carbocycles. The summed E-state index contributed by atoms with van der Waals surface area (Å²) >= 11 is 0. The highest BCUT2D eigenvalue weighted by molar-refractivity contribution is 5.48. The molecule has 2 N–H and O–H groups in total. The van der Waals surface area contributed by atoms with E-state index in [1.165, 1.54) is 11.1 Å². The van der Waals surface area contributed by atoms with Crippen LogP contribution in [0, 0.1) is 0 Å². The molecule has 4 rings (SSSR count). The third-order valence-corrected chi connectivity index (χ3v) is 4.32. The van der Waals surface area contributed by atoms with Crippen molar-refractivity contribution >= 4 is 5.82 Å². The summed E-state index contributed by atoms with van der Waals surface area (Å²) in [5.41, 5.74) is 3.52. The van der Waals surface area contributed by atoms with Crippen LogP contribution in [0.5, 0.6) is 0 Å². The van der Waals surface area contributed by atoms with Crippen molar-refractivity contribution in [3.8, 4) is 0 Å². The molecule has 3 heterocycles. The van der Waals surface area contributed by atoms with E-state index >= 15 is 0 Å². The molecule has 0 amide bonds. The first kappa shape index (κ1) is 14.8. The maximum Gasteiger partial charge on any atom is 0.133 e. The zero-order chi connectivity index (χ0) is 16.2. The van der Waals surface area contributed by atoms with Gasteiger partial charge in [-0.1, -0.05) is 30.3 Å². The summed E-state index contributed by atoms with van der Waals surface area (Å²) < 4.78 is 1.94. The summed E-state index contributed by atoms with van der Waals surface area (Å²) in [6.07, 6.45) is 6.38. The van der Waals surface area contributed by atoms with E-state index < -0.39 is 0 Å². The number of rotatable bonds is 5. The van der Waals surface area contributed by atoms with Crippen LogP contribution < -0.4 is 10.6 Å². The van der Waals surface area contributed by atoms with Crippen LogP contribution >= 0.6 is 0 Å². The van der Waals surface area contributed by atoms with E-state index in [-0.39, 0.29) is 6.04 Å². The first-order chi connectivity index (χ1) is 11.9. The fourth-order valence-corrected chi connectivity index (χ4v) is 3.09. The lowest BCUT2D eigenvalue weighted by Crippen LogP contribution is -2.27. The van der Waals surface area contributed by atoms with Crippen molar-refractivity contribution in [3.05, 3.63) is 71.9 Å². The van der Waals surface area contributed by atoms with Crippen molar-refractivity contribution in [1.29, 1.82) is 0 Å². The Hall–Kier alpha value is -2.73. The third kappa shape index (κ3) is 3.14. The normalized spacial score (nSPS) is 14.8. The lowest BCUT2D eigenvalue weighted by atomic mass is 10.0. The number of anilines is 1. The highest BCUT2D eigenvalue weighted by Crippen LogP contribution is 2.25. The third-order valence-electron chi connectivity index (χ3n) is 4.32. The molecule has 6 heteroatoms. The van der Waals surface area contributed by atoms with Crippen molar-refractivity contribution in [3.63, 3.8) is 0 Å². The molecule has 0 unspecified atom stereocenters. The van der Waals surface area contributed by atoms with Gasteiger partial charge >= 0.3 is 0 Å². The number of fused-ring (bicyclic) bond motifs is 1. The van der Waals surface area contributed by atoms with Gasteiger partial charge in [-0.15, -0.1) is 0 Å². The predicted octanol–water partition coefficient (Wildman–Crippen LogP) is 2.17. The molecule has 3 aromatic rings. The van der Waals surface area contributed by atoms with Gasteiger partial charge in [0.2, 0.25) is 0 Å².